The van der Waals surface area contributed by atoms with Gasteiger partial charge in [0, 0.05) is 33.4 Å². The third-order valence-corrected chi connectivity index (χ3v) is 5.81. The van der Waals surface area contributed by atoms with Gasteiger partial charge in [-0.1, -0.05) is 18.2 Å². The van der Waals surface area contributed by atoms with E-state index in [1.165, 1.54) is 0 Å². The van der Waals surface area contributed by atoms with E-state index < -0.39 is 9.84 Å². The number of hydrogen-bond donors (Lipinski definition) is 2. The van der Waals surface area contributed by atoms with Gasteiger partial charge in [0.2, 0.25) is 0 Å². The average molecular weight is 384 g/mol. The highest BCUT2D eigenvalue weighted by Gasteiger charge is 2.15. The standard InChI is InChI=1S/C18H29N3O4S/c1-19-18(20-10-6-12-24-15-16-7-5-13-25-16)21-11-14-26(22,23)17-8-3-2-4-9-17/h2-4,8-9,16H,5-7,10-15H2,1H3,(H2,19,20,21). The number of ether oxygens (including phenoxy) is 2. The lowest BCUT2D eigenvalue weighted by molar-refractivity contribution is 0.0168. The number of guanidine groups is 1. The molecule has 1 unspecified atom stereocenters. The Bertz CT molecular complexity index is 644. The normalized spacial score (nSPS) is 18.0. The fraction of sp³-hybridized carbons (Fsp3) is 0.611. The topological polar surface area (TPSA) is 89.0 Å². The molecule has 0 saturated carbocycles. The zero-order valence-corrected chi connectivity index (χ0v) is 16.1. The SMILES string of the molecule is CN=C(NCCCOCC1CCCO1)NCCS(=O)(=O)c1ccccc1. The van der Waals surface area contributed by atoms with Crippen LogP contribution in [0, 0.1) is 0 Å². The number of nitrogens with one attached hydrogen (secondary N) is 2. The number of rotatable bonds is 10. The monoisotopic (exact) mass is 383 g/mol. The minimum atomic E-state index is -3.28. The molecule has 1 aliphatic rings. The fourth-order valence-electron chi connectivity index (χ4n) is 2.64. The summed E-state index contributed by atoms with van der Waals surface area (Å²) in [4.78, 5) is 4.44. The predicted molar refractivity (Wildman–Crippen MR) is 102 cm³/mol. The molecule has 2 rings (SSSR count). The number of hydrogen-bond acceptors (Lipinski definition) is 5. The molecule has 2 N–H and O–H groups in total. The van der Waals surface area contributed by atoms with E-state index >= 15 is 0 Å². The van der Waals surface area contributed by atoms with E-state index in [-0.39, 0.29) is 11.9 Å². The molecular formula is C18H29N3O4S. The molecule has 1 aromatic rings. The molecular weight excluding hydrogens is 354 g/mol. The van der Waals surface area contributed by atoms with Crippen molar-refractivity contribution < 1.29 is 17.9 Å². The van der Waals surface area contributed by atoms with Gasteiger partial charge in [0.25, 0.3) is 0 Å². The molecule has 0 radical (unpaired) electrons. The second-order valence-electron chi connectivity index (χ2n) is 6.12. The van der Waals surface area contributed by atoms with Crippen molar-refractivity contribution in [1.29, 1.82) is 0 Å². The summed E-state index contributed by atoms with van der Waals surface area (Å²) in [5, 5.41) is 6.19. The van der Waals surface area contributed by atoms with Crippen LogP contribution in [0.5, 0.6) is 0 Å². The van der Waals surface area contributed by atoms with Crippen molar-refractivity contribution in [3.05, 3.63) is 30.3 Å². The quantitative estimate of drug-likeness (QED) is 0.359. The van der Waals surface area contributed by atoms with Crippen molar-refractivity contribution in [2.24, 2.45) is 4.99 Å². The van der Waals surface area contributed by atoms with Crippen LogP contribution in [0.4, 0.5) is 0 Å². The molecule has 0 bridgehead atoms. The van der Waals surface area contributed by atoms with Crippen LogP contribution in [0.2, 0.25) is 0 Å². The molecule has 0 amide bonds. The highest BCUT2D eigenvalue weighted by molar-refractivity contribution is 7.91. The van der Waals surface area contributed by atoms with Crippen molar-refractivity contribution in [2.75, 3.05) is 45.7 Å². The number of aliphatic imine (C=N–C) groups is 1. The van der Waals surface area contributed by atoms with Gasteiger partial charge >= 0.3 is 0 Å². The first-order valence-corrected chi connectivity index (χ1v) is 10.7. The molecule has 1 fully saturated rings. The lowest BCUT2D eigenvalue weighted by Gasteiger charge is -2.13. The van der Waals surface area contributed by atoms with Crippen molar-refractivity contribution >= 4 is 15.8 Å². The Kier molecular flexibility index (Phi) is 8.87. The van der Waals surface area contributed by atoms with Crippen LogP contribution in [-0.2, 0) is 19.3 Å². The molecule has 1 saturated heterocycles. The van der Waals surface area contributed by atoms with Gasteiger partial charge in [0.15, 0.2) is 15.8 Å². The van der Waals surface area contributed by atoms with Gasteiger partial charge in [-0.25, -0.2) is 8.42 Å². The van der Waals surface area contributed by atoms with Crippen LogP contribution in [-0.4, -0.2) is 66.2 Å². The zero-order chi connectivity index (χ0) is 18.7. The summed E-state index contributed by atoms with van der Waals surface area (Å²) >= 11 is 0. The van der Waals surface area contributed by atoms with E-state index in [2.05, 4.69) is 15.6 Å². The molecule has 1 heterocycles. The Hall–Kier alpha value is -1.64. The summed E-state index contributed by atoms with van der Waals surface area (Å²) in [6.45, 7) is 3.16. The summed E-state index contributed by atoms with van der Waals surface area (Å²) in [7, 11) is -1.62. The maximum Gasteiger partial charge on any atom is 0.191 e. The Labute approximate surface area is 156 Å². The summed E-state index contributed by atoms with van der Waals surface area (Å²) in [5.41, 5.74) is 0. The molecule has 1 aliphatic heterocycles. The number of sulfone groups is 1. The molecule has 1 atom stereocenters. The smallest absolute Gasteiger partial charge is 0.191 e. The minimum Gasteiger partial charge on any atom is -0.379 e. The third-order valence-electron chi connectivity index (χ3n) is 4.07. The van der Waals surface area contributed by atoms with Crippen molar-refractivity contribution in [2.45, 2.75) is 30.3 Å². The molecule has 0 aromatic heterocycles. The first kappa shape index (κ1) is 20.7. The molecule has 0 spiro atoms. The number of nitrogens with zero attached hydrogens (tertiary/aromatic N) is 1. The Morgan fingerprint density at radius 1 is 1.27 bits per heavy atom. The summed E-state index contributed by atoms with van der Waals surface area (Å²) in [5.74, 6) is 0.606. The first-order valence-electron chi connectivity index (χ1n) is 9.03. The molecule has 7 nitrogen and oxygen atoms in total. The van der Waals surface area contributed by atoms with E-state index in [0.717, 1.165) is 25.9 Å². The largest absolute Gasteiger partial charge is 0.379 e. The third kappa shape index (κ3) is 7.31. The molecule has 8 heteroatoms. The highest BCUT2D eigenvalue weighted by Crippen LogP contribution is 2.12. The van der Waals surface area contributed by atoms with E-state index in [1.54, 1.807) is 37.4 Å². The molecule has 26 heavy (non-hydrogen) atoms. The van der Waals surface area contributed by atoms with Gasteiger partial charge in [-0.05, 0) is 31.4 Å². The first-order chi connectivity index (χ1) is 12.6. The lowest BCUT2D eigenvalue weighted by atomic mass is 10.2. The van der Waals surface area contributed by atoms with Crippen molar-refractivity contribution in [3.8, 4) is 0 Å². The van der Waals surface area contributed by atoms with Gasteiger partial charge in [-0.3, -0.25) is 4.99 Å². The van der Waals surface area contributed by atoms with Crippen molar-refractivity contribution in [1.82, 2.24) is 10.6 Å². The van der Waals surface area contributed by atoms with E-state index in [0.29, 0.717) is 37.2 Å². The van der Waals surface area contributed by atoms with E-state index in [1.807, 2.05) is 0 Å². The summed E-state index contributed by atoms with van der Waals surface area (Å²) < 4.78 is 35.5. The minimum absolute atomic E-state index is 0.0161. The van der Waals surface area contributed by atoms with Crippen LogP contribution < -0.4 is 10.6 Å². The lowest BCUT2D eigenvalue weighted by Crippen LogP contribution is -2.40. The van der Waals surface area contributed by atoms with Crippen LogP contribution in [0.25, 0.3) is 0 Å². The van der Waals surface area contributed by atoms with Crippen LogP contribution in [0.3, 0.4) is 0 Å². The summed E-state index contributed by atoms with van der Waals surface area (Å²) in [6, 6.07) is 8.47. The predicted octanol–water partition coefficient (Wildman–Crippen LogP) is 1.21. The highest BCUT2D eigenvalue weighted by atomic mass is 32.2. The van der Waals surface area contributed by atoms with Gasteiger partial charge in [0.1, 0.15) is 0 Å². The van der Waals surface area contributed by atoms with Gasteiger partial charge in [0.05, 0.1) is 23.4 Å². The van der Waals surface area contributed by atoms with Gasteiger partial charge < -0.3 is 20.1 Å². The van der Waals surface area contributed by atoms with Crippen LogP contribution >= 0.6 is 0 Å². The van der Waals surface area contributed by atoms with E-state index in [4.69, 9.17) is 9.47 Å². The van der Waals surface area contributed by atoms with Crippen LogP contribution in [0.1, 0.15) is 19.3 Å². The van der Waals surface area contributed by atoms with Gasteiger partial charge in [-0.2, -0.15) is 0 Å². The van der Waals surface area contributed by atoms with Gasteiger partial charge in [-0.15, -0.1) is 0 Å². The summed E-state index contributed by atoms with van der Waals surface area (Å²) in [6.07, 6.45) is 3.30. The van der Waals surface area contributed by atoms with Crippen molar-refractivity contribution in [3.63, 3.8) is 0 Å². The zero-order valence-electron chi connectivity index (χ0n) is 15.3. The maximum atomic E-state index is 12.2. The Balaban J connectivity index is 1.57. The van der Waals surface area contributed by atoms with E-state index in [9.17, 15) is 8.42 Å². The second-order valence-corrected chi connectivity index (χ2v) is 8.23. The Morgan fingerprint density at radius 3 is 2.73 bits per heavy atom. The average Bonchev–Trinajstić information content (AvgIpc) is 3.17. The Morgan fingerprint density at radius 2 is 2.04 bits per heavy atom. The fourth-order valence-corrected chi connectivity index (χ4v) is 3.82. The number of benzene rings is 1. The molecule has 0 aliphatic carbocycles. The molecule has 1 aromatic carbocycles. The maximum absolute atomic E-state index is 12.2. The second kappa shape index (κ2) is 11.2. The van der Waals surface area contributed by atoms with Crippen LogP contribution in [0.15, 0.2) is 40.2 Å². The molecule has 146 valence electrons.